The highest BCUT2D eigenvalue weighted by molar-refractivity contribution is 6.31. The van der Waals surface area contributed by atoms with E-state index in [9.17, 15) is 14.7 Å². The SMILES string of the molecule is C/C(=N\NC(=O)c1c(O)ccc2ccccc12)c1cccc(NC(=O)c2cccc(Cl)c2)c1. The molecule has 0 aliphatic heterocycles. The normalized spacial score (nSPS) is 11.3. The molecule has 0 atom stereocenters. The Hall–Kier alpha value is -4.16. The van der Waals surface area contributed by atoms with Gasteiger partial charge >= 0.3 is 0 Å². The maximum atomic E-state index is 12.8. The Kier molecular flexibility index (Phi) is 6.38. The first-order chi connectivity index (χ1) is 15.9. The molecule has 0 aliphatic carbocycles. The number of benzene rings is 4. The summed E-state index contributed by atoms with van der Waals surface area (Å²) in [7, 11) is 0. The topological polar surface area (TPSA) is 90.8 Å². The molecule has 0 aliphatic rings. The number of anilines is 1. The molecular formula is C26H20ClN3O3. The lowest BCUT2D eigenvalue weighted by molar-refractivity contribution is 0.0953. The van der Waals surface area contributed by atoms with Crippen LogP contribution >= 0.6 is 11.6 Å². The zero-order valence-corrected chi connectivity index (χ0v) is 18.4. The van der Waals surface area contributed by atoms with E-state index in [1.54, 1.807) is 67.6 Å². The largest absolute Gasteiger partial charge is 0.507 e. The van der Waals surface area contributed by atoms with Crippen molar-refractivity contribution in [2.24, 2.45) is 5.10 Å². The maximum Gasteiger partial charge on any atom is 0.275 e. The van der Waals surface area contributed by atoms with Crippen LogP contribution in [0.3, 0.4) is 0 Å². The van der Waals surface area contributed by atoms with Crippen LogP contribution in [0.4, 0.5) is 5.69 Å². The van der Waals surface area contributed by atoms with E-state index < -0.39 is 5.91 Å². The highest BCUT2D eigenvalue weighted by Crippen LogP contribution is 2.27. The van der Waals surface area contributed by atoms with Gasteiger partial charge in [0.25, 0.3) is 11.8 Å². The molecule has 164 valence electrons. The molecule has 7 heteroatoms. The lowest BCUT2D eigenvalue weighted by Crippen LogP contribution is -2.20. The average Bonchev–Trinajstić information content (AvgIpc) is 2.82. The number of fused-ring (bicyclic) bond motifs is 1. The van der Waals surface area contributed by atoms with Crippen molar-refractivity contribution in [2.75, 3.05) is 5.32 Å². The van der Waals surface area contributed by atoms with E-state index in [4.69, 9.17) is 11.6 Å². The van der Waals surface area contributed by atoms with E-state index in [0.717, 1.165) is 5.39 Å². The third-order valence-electron chi connectivity index (χ3n) is 5.08. The predicted octanol–water partition coefficient (Wildman–Crippen LogP) is 5.61. The summed E-state index contributed by atoms with van der Waals surface area (Å²) in [4.78, 5) is 25.2. The predicted molar refractivity (Wildman–Crippen MR) is 131 cm³/mol. The molecule has 0 saturated carbocycles. The molecule has 4 rings (SSSR count). The number of hydrogen-bond acceptors (Lipinski definition) is 4. The number of aromatic hydroxyl groups is 1. The number of phenolic OH excluding ortho intramolecular Hbond substituents is 1. The third kappa shape index (κ3) is 5.02. The zero-order chi connectivity index (χ0) is 23.4. The summed E-state index contributed by atoms with van der Waals surface area (Å²) in [6.07, 6.45) is 0. The van der Waals surface area contributed by atoms with Crippen LogP contribution in [0.5, 0.6) is 5.75 Å². The Bertz CT molecular complexity index is 1400. The second kappa shape index (κ2) is 9.54. The van der Waals surface area contributed by atoms with E-state index in [1.165, 1.54) is 6.07 Å². The smallest absolute Gasteiger partial charge is 0.275 e. The number of nitrogens with zero attached hydrogens (tertiary/aromatic N) is 1. The average molecular weight is 458 g/mol. The summed E-state index contributed by atoms with van der Waals surface area (Å²) in [6.45, 7) is 1.74. The standard InChI is InChI=1S/C26H20ClN3O3/c1-16(29-30-26(33)24-22-11-3-2-6-17(22)12-13-23(24)31)18-7-5-10-21(15-18)28-25(32)19-8-4-9-20(27)14-19/h2-15,31H,1H3,(H,28,32)(H,30,33)/b29-16+. The molecule has 4 aromatic carbocycles. The molecule has 0 bridgehead atoms. The van der Waals surface area contributed by atoms with Crippen LogP contribution in [0.15, 0.2) is 90.0 Å². The summed E-state index contributed by atoms with van der Waals surface area (Å²) in [5.74, 6) is -0.928. The molecule has 33 heavy (non-hydrogen) atoms. The number of carbonyl (C=O) groups excluding carboxylic acids is 2. The van der Waals surface area contributed by atoms with Crippen molar-refractivity contribution in [2.45, 2.75) is 6.92 Å². The zero-order valence-electron chi connectivity index (χ0n) is 17.7. The van der Waals surface area contributed by atoms with Gasteiger partial charge in [-0.2, -0.15) is 5.10 Å². The summed E-state index contributed by atoms with van der Waals surface area (Å²) < 4.78 is 0. The Morgan fingerprint density at radius 3 is 2.42 bits per heavy atom. The van der Waals surface area contributed by atoms with E-state index >= 15 is 0 Å². The fourth-order valence-corrected chi connectivity index (χ4v) is 3.60. The van der Waals surface area contributed by atoms with Crippen LogP contribution in [0.2, 0.25) is 5.02 Å². The fourth-order valence-electron chi connectivity index (χ4n) is 3.41. The van der Waals surface area contributed by atoms with Gasteiger partial charge in [0, 0.05) is 16.3 Å². The molecule has 0 fully saturated rings. The van der Waals surface area contributed by atoms with Gasteiger partial charge in [0.2, 0.25) is 0 Å². The fraction of sp³-hybridized carbons (Fsp3) is 0.0385. The highest BCUT2D eigenvalue weighted by atomic mass is 35.5. The lowest BCUT2D eigenvalue weighted by atomic mass is 10.0. The Morgan fingerprint density at radius 2 is 1.61 bits per heavy atom. The molecule has 0 aromatic heterocycles. The molecule has 0 spiro atoms. The molecule has 0 unspecified atom stereocenters. The quantitative estimate of drug-likeness (QED) is 0.269. The molecule has 6 nitrogen and oxygen atoms in total. The summed E-state index contributed by atoms with van der Waals surface area (Å²) in [6, 6.07) is 24.3. The van der Waals surface area contributed by atoms with Crippen molar-refractivity contribution in [3.05, 3.63) is 107 Å². The Balaban J connectivity index is 1.51. The van der Waals surface area contributed by atoms with Crippen molar-refractivity contribution in [1.29, 1.82) is 0 Å². The molecule has 2 amide bonds. The minimum absolute atomic E-state index is 0.121. The summed E-state index contributed by atoms with van der Waals surface area (Å²) >= 11 is 5.96. The van der Waals surface area contributed by atoms with Crippen molar-refractivity contribution in [1.82, 2.24) is 5.43 Å². The Labute approximate surface area is 195 Å². The molecule has 4 aromatic rings. The minimum Gasteiger partial charge on any atom is -0.507 e. The number of carbonyl (C=O) groups is 2. The van der Waals surface area contributed by atoms with Crippen LogP contribution in [0, 0.1) is 0 Å². The molecule has 0 heterocycles. The second-order valence-electron chi connectivity index (χ2n) is 7.36. The van der Waals surface area contributed by atoms with Gasteiger partial charge in [-0.1, -0.05) is 60.1 Å². The van der Waals surface area contributed by atoms with Gasteiger partial charge in [-0.05, 0) is 59.7 Å². The summed E-state index contributed by atoms with van der Waals surface area (Å²) in [5, 5.41) is 19.2. The van der Waals surface area contributed by atoms with Gasteiger partial charge in [-0.25, -0.2) is 5.43 Å². The first-order valence-electron chi connectivity index (χ1n) is 10.1. The number of amides is 2. The lowest BCUT2D eigenvalue weighted by Gasteiger charge is -2.09. The van der Waals surface area contributed by atoms with Crippen molar-refractivity contribution in [3.63, 3.8) is 0 Å². The van der Waals surface area contributed by atoms with Crippen LogP contribution in [0.25, 0.3) is 10.8 Å². The number of rotatable bonds is 5. The highest BCUT2D eigenvalue weighted by Gasteiger charge is 2.15. The maximum absolute atomic E-state index is 12.8. The molecular weight excluding hydrogens is 438 g/mol. The first kappa shape index (κ1) is 22.0. The van der Waals surface area contributed by atoms with Crippen LogP contribution < -0.4 is 10.7 Å². The number of phenols is 1. The van der Waals surface area contributed by atoms with Crippen molar-refractivity contribution < 1.29 is 14.7 Å². The minimum atomic E-state index is -0.519. The van der Waals surface area contributed by atoms with Crippen LogP contribution in [-0.2, 0) is 0 Å². The van der Waals surface area contributed by atoms with E-state index in [2.05, 4.69) is 15.8 Å². The van der Waals surface area contributed by atoms with Crippen LogP contribution in [0.1, 0.15) is 33.2 Å². The number of hydrazone groups is 1. The molecule has 0 radical (unpaired) electrons. The van der Waals surface area contributed by atoms with E-state index in [-0.39, 0.29) is 17.2 Å². The van der Waals surface area contributed by atoms with Crippen molar-refractivity contribution >= 4 is 45.6 Å². The molecule has 0 saturated heterocycles. The van der Waals surface area contributed by atoms with Crippen molar-refractivity contribution in [3.8, 4) is 5.75 Å². The second-order valence-corrected chi connectivity index (χ2v) is 7.80. The molecule has 3 N–H and O–H groups in total. The van der Waals surface area contributed by atoms with Gasteiger partial charge in [-0.15, -0.1) is 0 Å². The summed E-state index contributed by atoms with van der Waals surface area (Å²) in [5.41, 5.74) is 4.93. The number of halogens is 1. The van der Waals surface area contributed by atoms with Gasteiger partial charge < -0.3 is 10.4 Å². The van der Waals surface area contributed by atoms with Crippen LogP contribution in [-0.4, -0.2) is 22.6 Å². The monoisotopic (exact) mass is 457 g/mol. The van der Waals surface area contributed by atoms with Gasteiger partial charge in [-0.3, -0.25) is 9.59 Å². The van der Waals surface area contributed by atoms with E-state index in [0.29, 0.717) is 32.9 Å². The van der Waals surface area contributed by atoms with Gasteiger partial charge in [0.1, 0.15) is 5.75 Å². The number of nitrogens with one attached hydrogen (secondary N) is 2. The van der Waals surface area contributed by atoms with Gasteiger partial charge in [0.05, 0.1) is 11.3 Å². The van der Waals surface area contributed by atoms with E-state index in [1.807, 2.05) is 18.2 Å². The third-order valence-corrected chi connectivity index (χ3v) is 5.32. The van der Waals surface area contributed by atoms with Gasteiger partial charge in [0.15, 0.2) is 0 Å². The first-order valence-corrected chi connectivity index (χ1v) is 10.5. The Morgan fingerprint density at radius 1 is 0.848 bits per heavy atom. The number of hydrogen-bond donors (Lipinski definition) is 3.